The van der Waals surface area contributed by atoms with E-state index in [-0.39, 0.29) is 29.4 Å². The summed E-state index contributed by atoms with van der Waals surface area (Å²) in [6, 6.07) is 3.85. The number of anilines is 1. The lowest BCUT2D eigenvalue weighted by Gasteiger charge is -2.28. The van der Waals surface area contributed by atoms with Crippen molar-refractivity contribution in [3.8, 4) is 5.75 Å². The number of nitrogens with zero attached hydrogens (tertiary/aromatic N) is 1. The molecule has 1 saturated heterocycles. The largest absolute Gasteiger partial charge is 0.482 e. The van der Waals surface area contributed by atoms with Crippen molar-refractivity contribution in [1.82, 2.24) is 9.62 Å². The van der Waals surface area contributed by atoms with E-state index in [1.54, 1.807) is 0 Å². The maximum absolute atomic E-state index is 13.2. The summed E-state index contributed by atoms with van der Waals surface area (Å²) in [7, 11) is -3.86. The van der Waals surface area contributed by atoms with Crippen molar-refractivity contribution >= 4 is 27.5 Å². The minimum Gasteiger partial charge on any atom is -0.482 e. The third-order valence-corrected chi connectivity index (χ3v) is 7.55. The van der Waals surface area contributed by atoms with Gasteiger partial charge in [0, 0.05) is 12.6 Å². The highest BCUT2D eigenvalue weighted by molar-refractivity contribution is 7.89. The number of sulfonamides is 1. The van der Waals surface area contributed by atoms with Crippen LogP contribution in [0.3, 0.4) is 0 Å². The highest BCUT2D eigenvalue weighted by Gasteiger charge is 2.40. The predicted molar refractivity (Wildman–Crippen MR) is 102 cm³/mol. The number of carbonyl (C=O) groups excluding carboxylic acids is 2. The summed E-state index contributed by atoms with van der Waals surface area (Å²) in [6.07, 6.45) is 6.46. The number of hydrogen-bond acceptors (Lipinski definition) is 5. The van der Waals surface area contributed by atoms with E-state index in [4.69, 9.17) is 4.74 Å². The van der Waals surface area contributed by atoms with Crippen molar-refractivity contribution in [2.45, 2.75) is 61.9 Å². The first-order valence-electron chi connectivity index (χ1n) is 9.84. The Balaban J connectivity index is 1.53. The van der Waals surface area contributed by atoms with Gasteiger partial charge in [-0.3, -0.25) is 9.59 Å². The standard InChI is InChI=1S/C19H25N3O5S/c23-18-12-27-17-9-8-14(11-15(17)21-18)28(25,26)22-10-4-7-16(22)19(24)20-13-5-2-1-3-6-13/h8-9,11,13,16H,1-7,10,12H2,(H,20,24)(H,21,23)/t16-/m1/s1. The van der Waals surface area contributed by atoms with Gasteiger partial charge in [-0.1, -0.05) is 19.3 Å². The van der Waals surface area contributed by atoms with Crippen LogP contribution in [0, 0.1) is 0 Å². The molecule has 0 bridgehead atoms. The molecule has 0 unspecified atom stereocenters. The molecule has 8 nitrogen and oxygen atoms in total. The highest BCUT2D eigenvalue weighted by Crippen LogP contribution is 2.33. The highest BCUT2D eigenvalue weighted by atomic mass is 32.2. The minimum atomic E-state index is -3.86. The van der Waals surface area contributed by atoms with Crippen molar-refractivity contribution < 1.29 is 22.7 Å². The molecule has 2 heterocycles. The van der Waals surface area contributed by atoms with Gasteiger partial charge in [0.05, 0.1) is 10.6 Å². The smallest absolute Gasteiger partial charge is 0.262 e. The fourth-order valence-corrected chi connectivity index (χ4v) is 5.88. The SMILES string of the molecule is O=C1COc2ccc(S(=O)(=O)N3CCC[C@@H]3C(=O)NC3CCCCC3)cc2N1. The van der Waals surface area contributed by atoms with E-state index < -0.39 is 16.1 Å². The van der Waals surface area contributed by atoms with Crippen molar-refractivity contribution in [3.05, 3.63) is 18.2 Å². The first kappa shape index (κ1) is 19.2. The second-order valence-corrected chi connectivity index (χ2v) is 9.50. The van der Waals surface area contributed by atoms with E-state index in [2.05, 4.69) is 10.6 Å². The first-order valence-corrected chi connectivity index (χ1v) is 11.3. The van der Waals surface area contributed by atoms with Crippen LogP contribution in [0.25, 0.3) is 0 Å². The van der Waals surface area contributed by atoms with E-state index in [1.165, 1.54) is 28.9 Å². The van der Waals surface area contributed by atoms with Crippen LogP contribution in [0.1, 0.15) is 44.9 Å². The van der Waals surface area contributed by atoms with Gasteiger partial charge in [-0.2, -0.15) is 4.31 Å². The number of carbonyl (C=O) groups is 2. The number of hydrogen-bond donors (Lipinski definition) is 2. The van der Waals surface area contributed by atoms with E-state index in [1.807, 2.05) is 0 Å². The molecule has 2 fully saturated rings. The Kier molecular flexibility index (Phi) is 5.29. The Bertz CT molecular complexity index is 880. The zero-order valence-electron chi connectivity index (χ0n) is 15.6. The second-order valence-electron chi connectivity index (χ2n) is 7.61. The van der Waals surface area contributed by atoms with Crippen molar-refractivity contribution in [1.29, 1.82) is 0 Å². The molecule has 0 radical (unpaired) electrons. The Labute approximate surface area is 164 Å². The van der Waals surface area contributed by atoms with E-state index in [9.17, 15) is 18.0 Å². The molecule has 2 aliphatic heterocycles. The number of fused-ring (bicyclic) bond motifs is 1. The van der Waals surface area contributed by atoms with Crippen molar-refractivity contribution in [2.75, 3.05) is 18.5 Å². The Morgan fingerprint density at radius 2 is 1.93 bits per heavy atom. The number of amides is 2. The number of rotatable bonds is 4. The van der Waals surface area contributed by atoms with Crippen LogP contribution >= 0.6 is 0 Å². The maximum atomic E-state index is 13.2. The van der Waals surface area contributed by atoms with Crippen LogP contribution in [-0.4, -0.2) is 49.8 Å². The van der Waals surface area contributed by atoms with Crippen LogP contribution in [0.15, 0.2) is 23.1 Å². The molecule has 2 amide bonds. The number of ether oxygens (including phenoxy) is 1. The summed E-state index contributed by atoms with van der Waals surface area (Å²) in [5, 5.41) is 5.67. The summed E-state index contributed by atoms with van der Waals surface area (Å²) in [5.74, 6) is -0.0953. The lowest BCUT2D eigenvalue weighted by atomic mass is 9.95. The monoisotopic (exact) mass is 407 g/mol. The van der Waals surface area contributed by atoms with Gasteiger partial charge in [-0.05, 0) is 43.9 Å². The number of nitrogens with one attached hydrogen (secondary N) is 2. The van der Waals surface area contributed by atoms with Crippen molar-refractivity contribution in [2.24, 2.45) is 0 Å². The Hall–Kier alpha value is -2.13. The van der Waals surface area contributed by atoms with Gasteiger partial charge in [-0.25, -0.2) is 8.42 Å². The zero-order chi connectivity index (χ0) is 19.7. The molecule has 1 aliphatic carbocycles. The second kappa shape index (κ2) is 7.71. The Morgan fingerprint density at radius 1 is 1.14 bits per heavy atom. The summed E-state index contributed by atoms with van der Waals surface area (Å²) < 4.78 is 33.0. The fraction of sp³-hybridized carbons (Fsp3) is 0.579. The molecule has 4 rings (SSSR count). The molecule has 2 N–H and O–H groups in total. The molecule has 1 aromatic rings. The van der Waals surface area contributed by atoms with Gasteiger partial charge in [0.2, 0.25) is 15.9 Å². The molecule has 1 atom stereocenters. The summed E-state index contributed by atoms with van der Waals surface area (Å²) in [6.45, 7) is 0.222. The molecule has 1 aromatic carbocycles. The van der Waals surface area contributed by atoms with Gasteiger partial charge in [0.25, 0.3) is 5.91 Å². The van der Waals surface area contributed by atoms with E-state index in [0.29, 0.717) is 30.8 Å². The van der Waals surface area contributed by atoms with Gasteiger partial charge in [-0.15, -0.1) is 0 Å². The molecule has 3 aliphatic rings. The minimum absolute atomic E-state index is 0.0504. The predicted octanol–water partition coefficient (Wildman–Crippen LogP) is 1.62. The van der Waals surface area contributed by atoms with E-state index in [0.717, 1.165) is 25.7 Å². The average molecular weight is 407 g/mol. The Morgan fingerprint density at radius 3 is 2.71 bits per heavy atom. The van der Waals surface area contributed by atoms with Gasteiger partial charge >= 0.3 is 0 Å². The third-order valence-electron chi connectivity index (χ3n) is 5.65. The topological polar surface area (TPSA) is 105 Å². The van der Waals surface area contributed by atoms with Gasteiger partial charge in [0.1, 0.15) is 11.8 Å². The lowest BCUT2D eigenvalue weighted by Crippen LogP contribution is -2.49. The average Bonchev–Trinajstić information content (AvgIpc) is 3.19. The van der Waals surface area contributed by atoms with Crippen LogP contribution in [0.5, 0.6) is 5.75 Å². The third kappa shape index (κ3) is 3.73. The van der Waals surface area contributed by atoms with Crippen LogP contribution in [-0.2, 0) is 19.6 Å². The summed E-state index contributed by atoms with van der Waals surface area (Å²) in [4.78, 5) is 24.4. The quantitative estimate of drug-likeness (QED) is 0.789. The van der Waals surface area contributed by atoms with Gasteiger partial charge < -0.3 is 15.4 Å². The summed E-state index contributed by atoms with van der Waals surface area (Å²) >= 11 is 0. The normalized spacial score (nSPS) is 23.6. The zero-order valence-corrected chi connectivity index (χ0v) is 16.5. The van der Waals surface area contributed by atoms with Crippen LogP contribution < -0.4 is 15.4 Å². The van der Waals surface area contributed by atoms with Gasteiger partial charge in [0.15, 0.2) is 6.61 Å². The molecular formula is C19H25N3O5S. The molecule has 9 heteroatoms. The molecule has 28 heavy (non-hydrogen) atoms. The molecule has 152 valence electrons. The molecule has 0 aromatic heterocycles. The van der Waals surface area contributed by atoms with Crippen LogP contribution in [0.4, 0.5) is 5.69 Å². The first-order chi connectivity index (χ1) is 13.4. The van der Waals surface area contributed by atoms with E-state index >= 15 is 0 Å². The molecule has 0 spiro atoms. The lowest BCUT2D eigenvalue weighted by molar-refractivity contribution is -0.125. The molecular weight excluding hydrogens is 382 g/mol. The summed E-state index contributed by atoms with van der Waals surface area (Å²) in [5.41, 5.74) is 0.333. The number of benzene rings is 1. The fourth-order valence-electron chi connectivity index (χ4n) is 4.19. The van der Waals surface area contributed by atoms with Crippen LogP contribution in [0.2, 0.25) is 0 Å². The molecule has 1 saturated carbocycles. The van der Waals surface area contributed by atoms with Crippen molar-refractivity contribution in [3.63, 3.8) is 0 Å². The maximum Gasteiger partial charge on any atom is 0.262 e.